The van der Waals surface area contributed by atoms with Gasteiger partial charge in [0.1, 0.15) is 6.54 Å². The molecular formula is C16H27IN4O. The van der Waals surface area contributed by atoms with Crippen LogP contribution in [-0.4, -0.2) is 24.0 Å². The van der Waals surface area contributed by atoms with Gasteiger partial charge in [0.25, 0.3) is 0 Å². The Bertz CT molecular complexity index is 521. The van der Waals surface area contributed by atoms with Crippen LogP contribution in [-0.2, 0) is 4.79 Å². The Morgan fingerprint density at radius 2 is 1.95 bits per heavy atom. The minimum absolute atomic E-state index is 0. The maximum Gasteiger partial charge on any atom is 0.242 e. The monoisotopic (exact) mass is 418 g/mol. The maximum absolute atomic E-state index is 11.7. The largest absolute Gasteiger partial charge is 0.370 e. The molecule has 0 aliphatic carbocycles. The average molecular weight is 418 g/mol. The van der Waals surface area contributed by atoms with Crippen molar-refractivity contribution in [2.75, 3.05) is 11.9 Å². The molecule has 1 rings (SSSR count). The number of benzene rings is 1. The highest BCUT2D eigenvalue weighted by Crippen LogP contribution is 2.18. The van der Waals surface area contributed by atoms with E-state index in [-0.39, 0.29) is 47.9 Å². The molecule has 1 aromatic rings. The summed E-state index contributed by atoms with van der Waals surface area (Å²) in [4.78, 5) is 15.7. The van der Waals surface area contributed by atoms with Crippen molar-refractivity contribution in [1.29, 1.82) is 0 Å². The van der Waals surface area contributed by atoms with Gasteiger partial charge < -0.3 is 16.4 Å². The first-order valence-electron chi connectivity index (χ1n) is 7.15. The molecule has 0 unspecified atom stereocenters. The van der Waals surface area contributed by atoms with Crippen LogP contribution >= 0.6 is 24.0 Å². The van der Waals surface area contributed by atoms with E-state index in [1.807, 2.05) is 39.0 Å². The Labute approximate surface area is 150 Å². The van der Waals surface area contributed by atoms with Crippen LogP contribution in [0.25, 0.3) is 0 Å². The summed E-state index contributed by atoms with van der Waals surface area (Å²) in [5.41, 5.74) is 7.63. The van der Waals surface area contributed by atoms with E-state index in [9.17, 15) is 4.79 Å². The molecule has 0 saturated heterocycles. The number of anilines is 1. The van der Waals surface area contributed by atoms with E-state index in [0.717, 1.165) is 5.69 Å². The van der Waals surface area contributed by atoms with Crippen LogP contribution in [0.3, 0.4) is 0 Å². The van der Waals surface area contributed by atoms with Crippen molar-refractivity contribution < 1.29 is 4.79 Å². The fourth-order valence-corrected chi connectivity index (χ4v) is 1.78. The summed E-state index contributed by atoms with van der Waals surface area (Å²) in [6.45, 7) is 10.1. The average Bonchev–Trinajstić information content (AvgIpc) is 2.34. The van der Waals surface area contributed by atoms with E-state index < -0.39 is 0 Å². The molecule has 0 aliphatic rings. The first kappa shape index (κ1) is 20.7. The van der Waals surface area contributed by atoms with Gasteiger partial charge in [0.05, 0.1) is 0 Å². The second-order valence-corrected chi connectivity index (χ2v) is 6.40. The third-order valence-corrected chi connectivity index (χ3v) is 2.73. The van der Waals surface area contributed by atoms with Crippen LogP contribution in [0, 0.1) is 0 Å². The molecule has 22 heavy (non-hydrogen) atoms. The predicted molar refractivity (Wildman–Crippen MR) is 104 cm³/mol. The number of nitrogens with one attached hydrogen (secondary N) is 2. The summed E-state index contributed by atoms with van der Waals surface area (Å²) in [7, 11) is 0. The van der Waals surface area contributed by atoms with Crippen molar-refractivity contribution in [2.45, 2.75) is 46.1 Å². The molecule has 1 amide bonds. The van der Waals surface area contributed by atoms with Gasteiger partial charge in [-0.2, -0.15) is 0 Å². The lowest BCUT2D eigenvalue weighted by atomic mass is 10.0. The van der Waals surface area contributed by atoms with Gasteiger partial charge in [-0.3, -0.25) is 4.79 Å². The third-order valence-electron chi connectivity index (χ3n) is 2.73. The molecule has 0 aromatic heterocycles. The lowest BCUT2D eigenvalue weighted by Crippen LogP contribution is -2.42. The molecule has 1 aromatic carbocycles. The molecule has 124 valence electrons. The molecule has 0 saturated carbocycles. The molecule has 0 aliphatic heterocycles. The Morgan fingerprint density at radius 1 is 1.32 bits per heavy atom. The number of halogens is 1. The van der Waals surface area contributed by atoms with Crippen LogP contribution in [0.4, 0.5) is 5.69 Å². The first-order valence-corrected chi connectivity index (χ1v) is 7.15. The summed E-state index contributed by atoms with van der Waals surface area (Å²) in [6, 6.07) is 7.99. The molecule has 0 heterocycles. The van der Waals surface area contributed by atoms with Gasteiger partial charge in [0, 0.05) is 11.2 Å². The van der Waals surface area contributed by atoms with Crippen molar-refractivity contribution in [1.82, 2.24) is 5.32 Å². The fourth-order valence-electron chi connectivity index (χ4n) is 1.78. The number of rotatable bonds is 4. The third kappa shape index (κ3) is 8.21. The summed E-state index contributed by atoms with van der Waals surface area (Å²) < 4.78 is 0. The van der Waals surface area contributed by atoms with Crippen molar-refractivity contribution in [2.24, 2.45) is 10.7 Å². The second kappa shape index (κ2) is 8.97. The number of amides is 1. The van der Waals surface area contributed by atoms with Crippen molar-refractivity contribution in [3.63, 3.8) is 0 Å². The molecule has 6 heteroatoms. The quantitative estimate of drug-likeness (QED) is 0.400. The first-order chi connectivity index (χ1) is 9.67. The highest BCUT2D eigenvalue weighted by molar-refractivity contribution is 14.0. The number of nitrogens with zero attached hydrogens (tertiary/aromatic N) is 1. The lowest BCUT2D eigenvalue weighted by molar-refractivity contribution is -0.121. The molecule has 0 fully saturated rings. The van der Waals surface area contributed by atoms with E-state index in [2.05, 4.69) is 35.5 Å². The number of hydrogen-bond donors (Lipinski definition) is 3. The van der Waals surface area contributed by atoms with Gasteiger partial charge in [0.2, 0.25) is 5.91 Å². The number of carbonyl (C=O) groups excluding carboxylic acids is 1. The van der Waals surface area contributed by atoms with Gasteiger partial charge in [-0.25, -0.2) is 4.99 Å². The van der Waals surface area contributed by atoms with Crippen molar-refractivity contribution in [3.05, 3.63) is 29.8 Å². The van der Waals surface area contributed by atoms with E-state index in [4.69, 9.17) is 5.73 Å². The zero-order valence-corrected chi connectivity index (χ0v) is 16.3. The van der Waals surface area contributed by atoms with Gasteiger partial charge in [-0.1, -0.05) is 26.0 Å². The van der Waals surface area contributed by atoms with Gasteiger partial charge >= 0.3 is 0 Å². The number of aliphatic imine (C=N–C) groups is 1. The van der Waals surface area contributed by atoms with Gasteiger partial charge in [0.15, 0.2) is 5.96 Å². The zero-order valence-electron chi connectivity index (χ0n) is 13.9. The zero-order chi connectivity index (χ0) is 16.0. The molecule has 5 nitrogen and oxygen atoms in total. The SMILES string of the molecule is CC(C)c1cccc(NC(N)=NCC(=O)NC(C)(C)C)c1.I. The highest BCUT2D eigenvalue weighted by Gasteiger charge is 2.12. The Morgan fingerprint density at radius 3 is 2.50 bits per heavy atom. The van der Waals surface area contributed by atoms with E-state index in [0.29, 0.717) is 5.92 Å². The van der Waals surface area contributed by atoms with Crippen LogP contribution in [0.2, 0.25) is 0 Å². The highest BCUT2D eigenvalue weighted by atomic mass is 127. The molecule has 0 atom stereocenters. The standard InChI is InChI=1S/C16H26N4O.HI/c1-11(2)12-7-6-8-13(9-12)19-15(17)18-10-14(21)20-16(3,4)5;/h6-9,11H,10H2,1-5H3,(H,20,21)(H3,17,18,19);1H. The minimum atomic E-state index is -0.264. The Balaban J connectivity index is 0.00000441. The maximum atomic E-state index is 11.7. The second-order valence-electron chi connectivity index (χ2n) is 6.40. The van der Waals surface area contributed by atoms with Crippen LogP contribution in [0.5, 0.6) is 0 Å². The lowest BCUT2D eigenvalue weighted by Gasteiger charge is -2.19. The van der Waals surface area contributed by atoms with Crippen molar-refractivity contribution in [3.8, 4) is 0 Å². The summed E-state index contributed by atoms with van der Waals surface area (Å²) >= 11 is 0. The fraction of sp³-hybridized carbons (Fsp3) is 0.500. The molecular weight excluding hydrogens is 391 g/mol. The van der Waals surface area contributed by atoms with Gasteiger partial charge in [-0.05, 0) is 44.4 Å². The van der Waals surface area contributed by atoms with Gasteiger partial charge in [-0.15, -0.1) is 24.0 Å². The number of nitrogens with two attached hydrogens (primary N) is 1. The molecule has 4 N–H and O–H groups in total. The summed E-state index contributed by atoms with van der Waals surface area (Å²) in [6.07, 6.45) is 0. The van der Waals surface area contributed by atoms with E-state index in [1.165, 1.54) is 5.56 Å². The normalized spacial score (nSPS) is 11.8. The number of carbonyl (C=O) groups is 1. The Hall–Kier alpha value is -1.31. The van der Waals surface area contributed by atoms with Crippen molar-refractivity contribution >= 4 is 41.5 Å². The van der Waals surface area contributed by atoms with Crippen LogP contribution < -0.4 is 16.4 Å². The number of guanidine groups is 1. The molecule has 0 radical (unpaired) electrons. The van der Waals surface area contributed by atoms with E-state index >= 15 is 0 Å². The van der Waals surface area contributed by atoms with E-state index in [1.54, 1.807) is 0 Å². The molecule has 0 bridgehead atoms. The smallest absolute Gasteiger partial charge is 0.242 e. The molecule has 0 spiro atoms. The summed E-state index contributed by atoms with van der Waals surface area (Å²) in [5, 5.41) is 5.84. The van der Waals surface area contributed by atoms with Crippen LogP contribution in [0.15, 0.2) is 29.3 Å². The van der Waals surface area contributed by atoms with Crippen LogP contribution in [0.1, 0.15) is 46.1 Å². The minimum Gasteiger partial charge on any atom is -0.370 e. The predicted octanol–water partition coefficient (Wildman–Crippen LogP) is 3.07. The number of hydrogen-bond acceptors (Lipinski definition) is 2. The summed E-state index contributed by atoms with van der Waals surface area (Å²) in [5.74, 6) is 0.533. The topological polar surface area (TPSA) is 79.5 Å². The Kier molecular flexibility index (Phi) is 8.44.